The number of carbonyl (C=O) groups excluding carboxylic acids is 1. The number of hydrogen-bond acceptors (Lipinski definition) is 4. The highest BCUT2D eigenvalue weighted by molar-refractivity contribution is 7.89. The molecule has 5 rings (SSSR count). The van der Waals surface area contributed by atoms with Gasteiger partial charge in [-0.25, -0.2) is 8.42 Å². The topological polar surface area (TPSA) is 86.7 Å². The maximum atomic E-state index is 13.5. The van der Waals surface area contributed by atoms with Crippen LogP contribution in [0.4, 0.5) is 0 Å². The van der Waals surface area contributed by atoms with Crippen LogP contribution >= 0.6 is 0 Å². The Morgan fingerprint density at radius 3 is 2.52 bits per heavy atom. The van der Waals surface area contributed by atoms with E-state index in [1.165, 1.54) is 16.4 Å². The van der Waals surface area contributed by atoms with Gasteiger partial charge in [-0.1, -0.05) is 36.4 Å². The minimum absolute atomic E-state index is 0.106. The molecular weight excluding hydrogens is 412 g/mol. The number of aliphatic hydroxyl groups is 1. The van der Waals surface area contributed by atoms with Crippen LogP contribution < -0.4 is 5.32 Å². The molecule has 2 saturated carbocycles. The number of aliphatic hydroxyl groups excluding tert-OH is 1. The molecule has 0 aromatic heterocycles. The first-order chi connectivity index (χ1) is 14.7. The zero-order valence-electron chi connectivity index (χ0n) is 17.7. The maximum Gasteiger partial charge on any atom is 0.251 e. The molecule has 2 N–H and O–H groups in total. The number of nitrogens with one attached hydrogen (secondary N) is 1. The van der Waals surface area contributed by atoms with E-state index in [4.69, 9.17) is 0 Å². The van der Waals surface area contributed by atoms with Crippen LogP contribution in [0.15, 0.2) is 59.5 Å². The molecular formula is C24H28N2O4S. The molecule has 0 spiro atoms. The molecule has 0 unspecified atom stereocenters. The highest BCUT2D eigenvalue weighted by Crippen LogP contribution is 2.56. The molecule has 1 aliphatic heterocycles. The molecule has 5 atom stereocenters. The van der Waals surface area contributed by atoms with E-state index >= 15 is 0 Å². The van der Waals surface area contributed by atoms with Gasteiger partial charge in [0.15, 0.2) is 0 Å². The van der Waals surface area contributed by atoms with Crippen LogP contribution in [-0.2, 0) is 15.6 Å². The molecule has 1 amide bonds. The Kier molecular flexibility index (Phi) is 4.77. The minimum Gasteiger partial charge on any atom is -0.391 e. The zero-order valence-corrected chi connectivity index (χ0v) is 18.5. The molecule has 31 heavy (non-hydrogen) atoms. The predicted octanol–water partition coefficient (Wildman–Crippen LogP) is 2.74. The van der Waals surface area contributed by atoms with Gasteiger partial charge in [0.25, 0.3) is 5.91 Å². The summed E-state index contributed by atoms with van der Waals surface area (Å²) in [6.45, 7) is 4.29. The summed E-state index contributed by atoms with van der Waals surface area (Å²) >= 11 is 0. The smallest absolute Gasteiger partial charge is 0.251 e. The number of hydrogen-bond donors (Lipinski definition) is 2. The SMILES string of the molecule is CC(C)(NC(=O)c1cccc(S(=O)(=O)N2C[C@@H]3C[C@H]4C[C@H]3[C@@H]2[C@@H]4O)c1)c1ccccc1. The lowest BCUT2D eigenvalue weighted by atomic mass is 9.88. The highest BCUT2D eigenvalue weighted by atomic mass is 32.2. The third kappa shape index (κ3) is 3.30. The molecule has 3 aliphatic rings. The molecule has 2 aromatic carbocycles. The third-order valence-electron chi connectivity index (χ3n) is 7.43. The maximum absolute atomic E-state index is 13.5. The van der Waals surface area contributed by atoms with Crippen molar-refractivity contribution in [2.75, 3.05) is 6.54 Å². The second kappa shape index (κ2) is 7.15. The average molecular weight is 441 g/mol. The van der Waals surface area contributed by atoms with Crippen molar-refractivity contribution in [1.29, 1.82) is 0 Å². The van der Waals surface area contributed by atoms with Gasteiger partial charge in [-0.3, -0.25) is 4.79 Å². The first kappa shape index (κ1) is 20.7. The summed E-state index contributed by atoms with van der Waals surface area (Å²) < 4.78 is 28.4. The van der Waals surface area contributed by atoms with Crippen LogP contribution in [0.2, 0.25) is 0 Å². The van der Waals surface area contributed by atoms with Gasteiger partial charge in [0, 0.05) is 12.1 Å². The van der Waals surface area contributed by atoms with E-state index in [1.807, 2.05) is 44.2 Å². The molecule has 164 valence electrons. The molecule has 7 heteroatoms. The molecule has 1 heterocycles. The van der Waals surface area contributed by atoms with Gasteiger partial charge in [0.2, 0.25) is 10.0 Å². The van der Waals surface area contributed by atoms with Crippen molar-refractivity contribution in [2.45, 2.75) is 49.3 Å². The predicted molar refractivity (Wildman–Crippen MR) is 117 cm³/mol. The molecule has 0 radical (unpaired) electrons. The van der Waals surface area contributed by atoms with E-state index in [9.17, 15) is 18.3 Å². The summed E-state index contributed by atoms with van der Waals surface area (Å²) in [5.41, 5.74) is 0.659. The summed E-state index contributed by atoms with van der Waals surface area (Å²) in [5.74, 6) is 0.491. The third-order valence-corrected chi connectivity index (χ3v) is 9.29. The molecule has 3 fully saturated rings. The lowest BCUT2D eigenvalue weighted by Crippen LogP contribution is -2.43. The fourth-order valence-corrected chi connectivity index (χ4v) is 7.64. The Balaban J connectivity index is 1.40. The van der Waals surface area contributed by atoms with Crippen molar-refractivity contribution >= 4 is 15.9 Å². The largest absolute Gasteiger partial charge is 0.391 e. The van der Waals surface area contributed by atoms with E-state index in [-0.39, 0.29) is 28.7 Å². The Morgan fingerprint density at radius 2 is 1.81 bits per heavy atom. The molecule has 2 bridgehead atoms. The normalized spacial score (nSPS) is 30.0. The van der Waals surface area contributed by atoms with Gasteiger partial charge < -0.3 is 10.4 Å². The van der Waals surface area contributed by atoms with Crippen LogP contribution in [0.5, 0.6) is 0 Å². The molecule has 2 aliphatic carbocycles. The number of carbonyl (C=O) groups is 1. The fraction of sp³-hybridized carbons (Fsp3) is 0.458. The first-order valence-electron chi connectivity index (χ1n) is 10.9. The summed E-state index contributed by atoms with van der Waals surface area (Å²) in [6.07, 6.45) is 1.24. The van der Waals surface area contributed by atoms with Crippen LogP contribution in [0.25, 0.3) is 0 Å². The van der Waals surface area contributed by atoms with Crippen LogP contribution in [0, 0.1) is 17.8 Å². The quantitative estimate of drug-likeness (QED) is 0.749. The van der Waals surface area contributed by atoms with Crippen molar-refractivity contribution in [3.05, 3.63) is 65.7 Å². The number of sulfonamides is 1. The van der Waals surface area contributed by atoms with Crippen molar-refractivity contribution < 1.29 is 18.3 Å². The molecule has 2 aromatic rings. The Morgan fingerprint density at radius 1 is 1.06 bits per heavy atom. The number of amides is 1. The zero-order chi connectivity index (χ0) is 22.0. The van der Waals surface area contributed by atoms with Crippen molar-refractivity contribution in [3.63, 3.8) is 0 Å². The van der Waals surface area contributed by atoms with E-state index in [1.54, 1.807) is 12.1 Å². The van der Waals surface area contributed by atoms with E-state index in [0.29, 0.717) is 18.0 Å². The number of rotatable bonds is 5. The van der Waals surface area contributed by atoms with Gasteiger partial charge in [-0.15, -0.1) is 0 Å². The van der Waals surface area contributed by atoms with E-state index in [0.717, 1.165) is 18.4 Å². The van der Waals surface area contributed by atoms with Crippen LogP contribution in [-0.4, -0.2) is 42.4 Å². The van der Waals surface area contributed by atoms with Crippen LogP contribution in [0.3, 0.4) is 0 Å². The first-order valence-corrected chi connectivity index (χ1v) is 12.3. The number of benzene rings is 2. The summed E-state index contributed by atoms with van der Waals surface area (Å²) in [6, 6.07) is 15.5. The van der Waals surface area contributed by atoms with Crippen molar-refractivity contribution in [2.24, 2.45) is 17.8 Å². The monoisotopic (exact) mass is 440 g/mol. The Labute approximate surface area is 183 Å². The van der Waals surface area contributed by atoms with Crippen LogP contribution in [0.1, 0.15) is 42.6 Å². The minimum atomic E-state index is -3.79. The Hall–Kier alpha value is -2.22. The van der Waals surface area contributed by atoms with Gasteiger partial charge >= 0.3 is 0 Å². The fourth-order valence-electron chi connectivity index (χ4n) is 5.85. The summed E-state index contributed by atoms with van der Waals surface area (Å²) in [4.78, 5) is 13.1. The standard InChI is InChI=1S/C24H28N2O4S/c1-24(2,18-8-4-3-5-9-18)25-23(28)15-7-6-10-19(12-15)31(29,30)26-14-17-11-16-13-20(17)21(26)22(16)27/h3-10,12,16-17,20-22,27H,11,13-14H2,1-2H3,(H,25,28)/t16-,17-,20+,21+,22+/m0/s1. The summed E-state index contributed by atoms with van der Waals surface area (Å²) in [7, 11) is -3.79. The lowest BCUT2D eigenvalue weighted by molar-refractivity contribution is 0.0731. The van der Waals surface area contributed by atoms with E-state index < -0.39 is 21.7 Å². The molecule has 1 saturated heterocycles. The summed E-state index contributed by atoms with van der Waals surface area (Å²) in [5, 5.41) is 13.6. The van der Waals surface area contributed by atoms with E-state index in [2.05, 4.69) is 5.32 Å². The van der Waals surface area contributed by atoms with Crippen molar-refractivity contribution in [1.82, 2.24) is 9.62 Å². The highest BCUT2D eigenvalue weighted by Gasteiger charge is 2.61. The van der Waals surface area contributed by atoms with Crippen molar-refractivity contribution in [3.8, 4) is 0 Å². The number of fused-ring (bicyclic) bond motifs is 1. The van der Waals surface area contributed by atoms with Gasteiger partial charge in [0.1, 0.15) is 0 Å². The van der Waals surface area contributed by atoms with Gasteiger partial charge in [0.05, 0.1) is 22.6 Å². The average Bonchev–Trinajstić information content (AvgIpc) is 3.38. The van der Waals surface area contributed by atoms with Gasteiger partial charge in [-0.2, -0.15) is 4.31 Å². The Bertz CT molecular complexity index is 1110. The lowest BCUT2D eigenvalue weighted by Gasteiger charge is -2.28. The second-order valence-electron chi connectivity index (χ2n) is 9.68. The second-order valence-corrected chi connectivity index (χ2v) is 11.6. The number of nitrogens with zero attached hydrogens (tertiary/aromatic N) is 1. The van der Waals surface area contributed by atoms with Gasteiger partial charge in [-0.05, 0) is 68.2 Å². The molecule has 6 nitrogen and oxygen atoms in total.